The third kappa shape index (κ3) is 1.48. The summed E-state index contributed by atoms with van der Waals surface area (Å²) in [4.78, 5) is 8.57. The number of anilines is 1. The zero-order valence-electron chi connectivity index (χ0n) is 10.0. The van der Waals surface area contributed by atoms with Crippen molar-refractivity contribution in [2.75, 3.05) is 12.8 Å². The van der Waals surface area contributed by atoms with Gasteiger partial charge in [0.05, 0.1) is 18.1 Å². The zero-order chi connectivity index (χ0) is 12.7. The molecular weight excluding hydrogens is 232 g/mol. The molecule has 0 aliphatic heterocycles. The average molecular weight is 244 g/mol. The number of nitrogens with two attached hydrogens (primary N) is 1. The molecule has 0 amide bonds. The second-order valence-electron chi connectivity index (χ2n) is 3.89. The molecule has 3 N–H and O–H groups in total. The summed E-state index contributed by atoms with van der Waals surface area (Å²) in [6.45, 7) is 0. The number of nitrogens with one attached hydrogen (secondary N) is 1. The van der Waals surface area contributed by atoms with Crippen LogP contribution in [0.15, 0.2) is 18.2 Å². The fraction of sp³-hybridized carbons (Fsp3) is 0.182. The van der Waals surface area contributed by atoms with Gasteiger partial charge in [0.2, 0.25) is 5.95 Å². The van der Waals surface area contributed by atoms with E-state index in [-0.39, 0.29) is 5.95 Å². The molecule has 92 valence electrons. The summed E-state index contributed by atoms with van der Waals surface area (Å²) >= 11 is 0. The highest BCUT2D eigenvalue weighted by atomic mass is 16.5. The summed E-state index contributed by atoms with van der Waals surface area (Å²) < 4.78 is 7.10. The summed E-state index contributed by atoms with van der Waals surface area (Å²) in [7, 11) is 3.54. The van der Waals surface area contributed by atoms with Gasteiger partial charge in [-0.15, -0.1) is 5.10 Å². The van der Waals surface area contributed by atoms with Crippen molar-refractivity contribution < 1.29 is 4.74 Å². The van der Waals surface area contributed by atoms with E-state index in [2.05, 4.69) is 20.2 Å². The normalized spacial score (nSPS) is 11.0. The minimum absolute atomic E-state index is 0.203. The topological polar surface area (TPSA) is 94.6 Å². The molecule has 0 saturated heterocycles. The van der Waals surface area contributed by atoms with E-state index in [0.717, 1.165) is 16.8 Å². The number of hydrogen-bond acceptors (Lipinski definition) is 5. The van der Waals surface area contributed by atoms with Crippen LogP contribution in [0.5, 0.6) is 5.75 Å². The molecule has 18 heavy (non-hydrogen) atoms. The number of benzene rings is 1. The Kier molecular flexibility index (Phi) is 2.19. The van der Waals surface area contributed by atoms with E-state index in [4.69, 9.17) is 10.5 Å². The van der Waals surface area contributed by atoms with Gasteiger partial charge < -0.3 is 15.0 Å². The molecule has 7 nitrogen and oxygen atoms in total. The maximum atomic E-state index is 5.50. The second kappa shape index (κ2) is 3.73. The van der Waals surface area contributed by atoms with Gasteiger partial charge >= 0.3 is 0 Å². The van der Waals surface area contributed by atoms with Crippen molar-refractivity contribution in [2.45, 2.75) is 0 Å². The summed E-state index contributed by atoms with van der Waals surface area (Å²) in [5.74, 6) is 2.20. The Morgan fingerprint density at radius 1 is 1.33 bits per heavy atom. The molecule has 0 fully saturated rings. The Morgan fingerprint density at radius 2 is 2.17 bits per heavy atom. The Bertz CT molecular complexity index is 713. The highest BCUT2D eigenvalue weighted by Crippen LogP contribution is 2.24. The Labute approximate surface area is 103 Å². The number of rotatable bonds is 2. The third-order valence-corrected chi connectivity index (χ3v) is 2.80. The predicted molar refractivity (Wildman–Crippen MR) is 67.1 cm³/mol. The minimum atomic E-state index is 0.203. The molecule has 3 aromatic rings. The maximum Gasteiger partial charge on any atom is 0.239 e. The Morgan fingerprint density at radius 3 is 2.83 bits per heavy atom. The first kappa shape index (κ1) is 10.6. The lowest BCUT2D eigenvalue weighted by Crippen LogP contribution is -1.94. The van der Waals surface area contributed by atoms with Crippen LogP contribution in [0.1, 0.15) is 0 Å². The van der Waals surface area contributed by atoms with Gasteiger partial charge in [-0.2, -0.15) is 4.98 Å². The van der Waals surface area contributed by atoms with Crippen LogP contribution in [-0.4, -0.2) is 31.8 Å². The van der Waals surface area contributed by atoms with Crippen molar-refractivity contribution in [3.8, 4) is 17.4 Å². The van der Waals surface area contributed by atoms with Crippen LogP contribution in [-0.2, 0) is 7.05 Å². The van der Waals surface area contributed by atoms with E-state index >= 15 is 0 Å². The van der Waals surface area contributed by atoms with Gasteiger partial charge in [-0.25, -0.2) is 4.98 Å². The number of aromatic amines is 1. The molecule has 0 aliphatic rings. The lowest BCUT2D eigenvalue weighted by atomic mass is 10.3. The second-order valence-corrected chi connectivity index (χ2v) is 3.89. The fourth-order valence-corrected chi connectivity index (χ4v) is 1.89. The van der Waals surface area contributed by atoms with Crippen LogP contribution in [0.4, 0.5) is 5.95 Å². The van der Waals surface area contributed by atoms with E-state index in [9.17, 15) is 0 Å². The first-order valence-corrected chi connectivity index (χ1v) is 5.38. The molecule has 0 spiro atoms. The largest absolute Gasteiger partial charge is 0.497 e. The van der Waals surface area contributed by atoms with Gasteiger partial charge in [0.1, 0.15) is 5.75 Å². The van der Waals surface area contributed by atoms with E-state index < -0.39 is 0 Å². The molecule has 0 atom stereocenters. The number of imidazole rings is 1. The molecule has 0 bridgehead atoms. The van der Waals surface area contributed by atoms with Gasteiger partial charge in [-0.1, -0.05) is 0 Å². The molecule has 0 unspecified atom stereocenters. The van der Waals surface area contributed by atoms with Crippen molar-refractivity contribution >= 4 is 17.0 Å². The molecule has 0 radical (unpaired) electrons. The van der Waals surface area contributed by atoms with Gasteiger partial charge in [-0.3, -0.25) is 5.10 Å². The van der Waals surface area contributed by atoms with Gasteiger partial charge in [-0.05, 0) is 12.1 Å². The summed E-state index contributed by atoms with van der Waals surface area (Å²) in [6, 6.07) is 5.71. The standard InChI is InChI=1S/C11H12N6O/c1-17-8-4-3-6(18-2)5-7(8)13-10(17)9-14-11(12)16-15-9/h3-5H,1-2H3,(H3,12,14,15,16). The van der Waals surface area contributed by atoms with Gasteiger partial charge in [0, 0.05) is 13.1 Å². The van der Waals surface area contributed by atoms with E-state index in [1.165, 1.54) is 0 Å². The summed E-state index contributed by atoms with van der Waals surface area (Å²) in [6.07, 6.45) is 0. The van der Waals surface area contributed by atoms with Gasteiger partial charge in [0.15, 0.2) is 11.6 Å². The highest BCUT2D eigenvalue weighted by molar-refractivity contribution is 5.80. The lowest BCUT2D eigenvalue weighted by Gasteiger charge is -1.99. The lowest BCUT2D eigenvalue weighted by molar-refractivity contribution is 0.415. The first-order valence-electron chi connectivity index (χ1n) is 5.38. The first-order chi connectivity index (χ1) is 8.69. The molecule has 2 aromatic heterocycles. The van der Waals surface area contributed by atoms with Crippen LogP contribution in [0.2, 0.25) is 0 Å². The zero-order valence-corrected chi connectivity index (χ0v) is 10.0. The van der Waals surface area contributed by atoms with Crippen molar-refractivity contribution in [3.05, 3.63) is 18.2 Å². The number of aromatic nitrogens is 5. The number of fused-ring (bicyclic) bond motifs is 1. The van der Waals surface area contributed by atoms with Crippen LogP contribution in [0.3, 0.4) is 0 Å². The van der Waals surface area contributed by atoms with E-state index in [1.54, 1.807) is 7.11 Å². The minimum Gasteiger partial charge on any atom is -0.497 e. The van der Waals surface area contributed by atoms with Crippen LogP contribution in [0, 0.1) is 0 Å². The Hall–Kier alpha value is -2.57. The summed E-state index contributed by atoms with van der Waals surface area (Å²) in [5.41, 5.74) is 7.32. The fourth-order valence-electron chi connectivity index (χ4n) is 1.89. The number of methoxy groups -OCH3 is 1. The smallest absolute Gasteiger partial charge is 0.239 e. The van der Waals surface area contributed by atoms with Gasteiger partial charge in [0.25, 0.3) is 0 Å². The molecule has 0 aliphatic carbocycles. The molecule has 1 aromatic carbocycles. The Balaban J connectivity index is 2.22. The average Bonchev–Trinajstić information content (AvgIpc) is 2.93. The number of aryl methyl sites for hydroxylation is 1. The highest BCUT2D eigenvalue weighted by Gasteiger charge is 2.13. The predicted octanol–water partition coefficient (Wildman–Crippen LogP) is 0.949. The number of hydrogen-bond donors (Lipinski definition) is 2. The molecule has 0 saturated carbocycles. The van der Waals surface area contributed by atoms with Crippen LogP contribution in [0.25, 0.3) is 22.7 Å². The third-order valence-electron chi connectivity index (χ3n) is 2.80. The quantitative estimate of drug-likeness (QED) is 0.699. The van der Waals surface area contributed by atoms with Crippen molar-refractivity contribution in [2.24, 2.45) is 7.05 Å². The number of ether oxygens (including phenoxy) is 1. The summed E-state index contributed by atoms with van der Waals surface area (Å²) in [5, 5.41) is 6.55. The van der Waals surface area contributed by atoms with Crippen molar-refractivity contribution in [1.82, 2.24) is 24.7 Å². The van der Waals surface area contributed by atoms with E-state index in [1.807, 2.05) is 29.8 Å². The molecule has 3 rings (SSSR count). The number of H-pyrrole nitrogens is 1. The molecule has 7 heteroatoms. The SMILES string of the molecule is COc1ccc2c(c1)nc(-c1nc(N)n[nH]1)n2C. The van der Waals surface area contributed by atoms with Crippen LogP contribution >= 0.6 is 0 Å². The number of nitrogens with zero attached hydrogens (tertiary/aromatic N) is 4. The number of nitrogen functional groups attached to an aromatic ring is 1. The maximum absolute atomic E-state index is 5.50. The monoisotopic (exact) mass is 244 g/mol. The molecular formula is C11H12N6O. The van der Waals surface area contributed by atoms with Crippen molar-refractivity contribution in [1.29, 1.82) is 0 Å². The van der Waals surface area contributed by atoms with Crippen LogP contribution < -0.4 is 10.5 Å². The molecule has 2 heterocycles. The van der Waals surface area contributed by atoms with Crippen molar-refractivity contribution in [3.63, 3.8) is 0 Å². The van der Waals surface area contributed by atoms with E-state index in [0.29, 0.717) is 11.6 Å².